The van der Waals surface area contributed by atoms with Gasteiger partial charge in [0.1, 0.15) is 0 Å². The lowest BCUT2D eigenvalue weighted by Crippen LogP contribution is -2.20. The number of hydrogen-bond acceptors (Lipinski definition) is 1. The van der Waals surface area contributed by atoms with E-state index in [9.17, 15) is 0 Å². The van der Waals surface area contributed by atoms with Crippen LogP contribution >= 0.6 is 0 Å². The molecular formula is C8H14O. The lowest BCUT2D eigenvalue weighted by Gasteiger charge is -2.24. The third-order valence-electron chi connectivity index (χ3n) is 1.66. The molecule has 0 aliphatic heterocycles. The fourth-order valence-electron chi connectivity index (χ4n) is 0.794. The van der Waals surface area contributed by atoms with Gasteiger partial charge in [-0.2, -0.15) is 0 Å². The Morgan fingerprint density at radius 2 is 2.33 bits per heavy atom. The van der Waals surface area contributed by atoms with E-state index >= 15 is 0 Å². The maximum atomic E-state index is 5.35. The minimum absolute atomic E-state index is 0.552. The molecule has 0 spiro atoms. The van der Waals surface area contributed by atoms with Crippen LogP contribution in [0.2, 0.25) is 0 Å². The SMILES string of the molecule is [CH2]CC[CH]OC1CCC1. The Balaban J connectivity index is 1.80. The predicted octanol–water partition coefficient (Wildman–Crippen LogP) is 2.33. The maximum absolute atomic E-state index is 5.35. The second kappa shape index (κ2) is 3.89. The summed E-state index contributed by atoms with van der Waals surface area (Å²) in [5.41, 5.74) is 0. The summed E-state index contributed by atoms with van der Waals surface area (Å²) in [6, 6.07) is 0. The van der Waals surface area contributed by atoms with E-state index in [-0.39, 0.29) is 0 Å². The summed E-state index contributed by atoms with van der Waals surface area (Å²) in [5.74, 6) is 0. The Labute approximate surface area is 57.4 Å². The summed E-state index contributed by atoms with van der Waals surface area (Å²) in [6.45, 7) is 5.61. The minimum Gasteiger partial charge on any atom is -0.372 e. The van der Waals surface area contributed by atoms with Crippen LogP contribution < -0.4 is 0 Å². The van der Waals surface area contributed by atoms with E-state index in [0.717, 1.165) is 12.8 Å². The minimum atomic E-state index is 0.552. The third kappa shape index (κ3) is 2.35. The van der Waals surface area contributed by atoms with Crippen LogP contribution in [0.15, 0.2) is 0 Å². The second-order valence-corrected chi connectivity index (χ2v) is 2.50. The molecule has 0 atom stereocenters. The monoisotopic (exact) mass is 126 g/mol. The molecule has 1 nitrogen and oxygen atoms in total. The Bertz CT molecular complexity index is 67.0. The van der Waals surface area contributed by atoms with Crippen LogP contribution in [-0.4, -0.2) is 6.10 Å². The smallest absolute Gasteiger partial charge is 0.0840 e. The molecule has 0 aromatic heterocycles. The van der Waals surface area contributed by atoms with Crippen molar-refractivity contribution in [2.45, 2.75) is 38.2 Å². The highest BCUT2D eigenvalue weighted by Crippen LogP contribution is 2.22. The first-order chi connectivity index (χ1) is 4.43. The van der Waals surface area contributed by atoms with E-state index in [1.807, 2.05) is 6.61 Å². The molecule has 1 aliphatic rings. The molecule has 0 unspecified atom stereocenters. The second-order valence-electron chi connectivity index (χ2n) is 2.50. The zero-order valence-electron chi connectivity index (χ0n) is 5.81. The first kappa shape index (κ1) is 7.07. The van der Waals surface area contributed by atoms with Crippen molar-refractivity contribution >= 4 is 0 Å². The summed E-state index contributed by atoms with van der Waals surface area (Å²) in [4.78, 5) is 0. The molecular weight excluding hydrogens is 112 g/mol. The zero-order valence-corrected chi connectivity index (χ0v) is 5.81. The number of rotatable bonds is 4. The number of ether oxygens (including phenoxy) is 1. The standard InChI is InChI=1S/C8H14O/c1-2-3-7-9-8-5-4-6-8/h7-8H,1-6H2. The summed E-state index contributed by atoms with van der Waals surface area (Å²) in [5, 5.41) is 0. The van der Waals surface area contributed by atoms with Crippen molar-refractivity contribution < 1.29 is 4.74 Å². The van der Waals surface area contributed by atoms with E-state index in [0.29, 0.717) is 6.10 Å². The van der Waals surface area contributed by atoms with Crippen LogP contribution in [0.3, 0.4) is 0 Å². The number of hydrogen-bond donors (Lipinski definition) is 0. The van der Waals surface area contributed by atoms with Crippen molar-refractivity contribution in [3.8, 4) is 0 Å². The molecule has 0 bridgehead atoms. The summed E-state index contributed by atoms with van der Waals surface area (Å²) in [7, 11) is 0. The lowest BCUT2D eigenvalue weighted by atomic mass is 9.96. The van der Waals surface area contributed by atoms with Gasteiger partial charge in [0.05, 0.1) is 12.7 Å². The van der Waals surface area contributed by atoms with Gasteiger partial charge in [0, 0.05) is 0 Å². The van der Waals surface area contributed by atoms with Crippen molar-refractivity contribution in [2.75, 3.05) is 0 Å². The van der Waals surface area contributed by atoms with Gasteiger partial charge < -0.3 is 4.74 Å². The highest BCUT2D eigenvalue weighted by molar-refractivity contribution is 4.71. The summed E-state index contributed by atoms with van der Waals surface area (Å²) in [6.07, 6.45) is 6.37. The molecule has 0 amide bonds. The lowest BCUT2D eigenvalue weighted by molar-refractivity contribution is 0.0406. The largest absolute Gasteiger partial charge is 0.372 e. The van der Waals surface area contributed by atoms with Gasteiger partial charge in [0.25, 0.3) is 0 Å². The molecule has 1 heteroatoms. The maximum Gasteiger partial charge on any atom is 0.0840 e. The van der Waals surface area contributed by atoms with Gasteiger partial charge in [0.2, 0.25) is 0 Å². The van der Waals surface area contributed by atoms with Crippen LogP contribution in [0, 0.1) is 13.5 Å². The quantitative estimate of drug-likeness (QED) is 0.525. The van der Waals surface area contributed by atoms with Gasteiger partial charge in [-0.05, 0) is 25.7 Å². The molecule has 0 aromatic carbocycles. The molecule has 0 aromatic rings. The molecule has 0 saturated heterocycles. The van der Waals surface area contributed by atoms with Crippen LogP contribution in [0.1, 0.15) is 32.1 Å². The van der Waals surface area contributed by atoms with Gasteiger partial charge in [-0.25, -0.2) is 0 Å². The number of unbranched alkanes of at least 4 members (excludes halogenated alkanes) is 1. The Kier molecular flexibility index (Phi) is 3.05. The van der Waals surface area contributed by atoms with Gasteiger partial charge in [-0.15, -0.1) is 0 Å². The zero-order chi connectivity index (χ0) is 6.53. The normalized spacial score (nSPS) is 19.7. The molecule has 0 heterocycles. The van der Waals surface area contributed by atoms with Crippen LogP contribution in [-0.2, 0) is 4.74 Å². The van der Waals surface area contributed by atoms with E-state index in [1.54, 1.807) is 0 Å². The van der Waals surface area contributed by atoms with Crippen LogP contribution in [0.25, 0.3) is 0 Å². The third-order valence-corrected chi connectivity index (χ3v) is 1.66. The highest BCUT2D eigenvalue weighted by Gasteiger charge is 2.16. The average molecular weight is 126 g/mol. The topological polar surface area (TPSA) is 9.23 Å². The van der Waals surface area contributed by atoms with E-state index in [2.05, 4.69) is 6.92 Å². The van der Waals surface area contributed by atoms with Gasteiger partial charge in [-0.1, -0.05) is 13.3 Å². The van der Waals surface area contributed by atoms with E-state index in [1.165, 1.54) is 19.3 Å². The van der Waals surface area contributed by atoms with Gasteiger partial charge >= 0.3 is 0 Å². The van der Waals surface area contributed by atoms with Gasteiger partial charge in [0.15, 0.2) is 0 Å². The molecule has 2 radical (unpaired) electrons. The predicted molar refractivity (Wildman–Crippen MR) is 37.6 cm³/mol. The average Bonchev–Trinajstić information content (AvgIpc) is 1.76. The molecule has 1 rings (SSSR count). The van der Waals surface area contributed by atoms with Crippen molar-refractivity contribution in [1.29, 1.82) is 0 Å². The highest BCUT2D eigenvalue weighted by atomic mass is 16.5. The van der Waals surface area contributed by atoms with Crippen molar-refractivity contribution in [3.05, 3.63) is 13.5 Å². The van der Waals surface area contributed by atoms with Crippen LogP contribution in [0.5, 0.6) is 0 Å². The molecule has 1 saturated carbocycles. The summed E-state index contributed by atoms with van der Waals surface area (Å²) >= 11 is 0. The fraction of sp³-hybridized carbons (Fsp3) is 0.750. The summed E-state index contributed by atoms with van der Waals surface area (Å²) < 4.78 is 5.35. The molecule has 52 valence electrons. The van der Waals surface area contributed by atoms with Crippen molar-refractivity contribution in [3.63, 3.8) is 0 Å². The Morgan fingerprint density at radius 1 is 1.56 bits per heavy atom. The first-order valence-electron chi connectivity index (χ1n) is 3.70. The molecule has 0 N–H and O–H groups in total. The molecule has 1 fully saturated rings. The van der Waals surface area contributed by atoms with Gasteiger partial charge in [-0.3, -0.25) is 0 Å². The van der Waals surface area contributed by atoms with Crippen molar-refractivity contribution in [2.24, 2.45) is 0 Å². The van der Waals surface area contributed by atoms with E-state index < -0.39 is 0 Å². The first-order valence-corrected chi connectivity index (χ1v) is 3.70. The Hall–Kier alpha value is -0.0400. The molecule has 9 heavy (non-hydrogen) atoms. The van der Waals surface area contributed by atoms with Crippen molar-refractivity contribution in [1.82, 2.24) is 0 Å². The van der Waals surface area contributed by atoms with Crippen LogP contribution in [0.4, 0.5) is 0 Å². The fourth-order valence-corrected chi connectivity index (χ4v) is 0.794. The Morgan fingerprint density at radius 3 is 2.78 bits per heavy atom. The molecule has 1 aliphatic carbocycles. The van der Waals surface area contributed by atoms with E-state index in [4.69, 9.17) is 4.74 Å².